The van der Waals surface area contributed by atoms with Crippen molar-refractivity contribution in [2.75, 3.05) is 13.6 Å². The molecule has 6 nitrogen and oxygen atoms in total. The first kappa shape index (κ1) is 17.2. The van der Waals surface area contributed by atoms with Gasteiger partial charge in [0.1, 0.15) is 6.04 Å². The summed E-state index contributed by atoms with van der Waals surface area (Å²) in [6.07, 6.45) is 0.640. The Morgan fingerprint density at radius 2 is 2.10 bits per heavy atom. The van der Waals surface area contributed by atoms with E-state index in [-0.39, 0.29) is 18.4 Å². The molecule has 1 rings (SSSR count). The van der Waals surface area contributed by atoms with Crippen LogP contribution in [0.15, 0.2) is 17.5 Å². The molecule has 21 heavy (non-hydrogen) atoms. The fraction of sp³-hybridized carbons (Fsp3) is 0.500. The van der Waals surface area contributed by atoms with Gasteiger partial charge in [0.05, 0.1) is 11.4 Å². The number of hydrogen-bond donors (Lipinski definition) is 2. The Morgan fingerprint density at radius 3 is 2.57 bits per heavy atom. The first-order valence-corrected chi connectivity index (χ1v) is 7.55. The van der Waals surface area contributed by atoms with Gasteiger partial charge in [0.2, 0.25) is 5.91 Å². The van der Waals surface area contributed by atoms with E-state index in [0.717, 1.165) is 0 Å². The van der Waals surface area contributed by atoms with E-state index in [0.29, 0.717) is 11.3 Å². The minimum Gasteiger partial charge on any atom is -0.480 e. The fourth-order valence-corrected chi connectivity index (χ4v) is 2.50. The predicted molar refractivity (Wildman–Crippen MR) is 80.3 cm³/mol. The molecule has 0 aliphatic heterocycles. The summed E-state index contributed by atoms with van der Waals surface area (Å²) in [5.74, 6) is -1.97. The number of carbonyl (C=O) groups excluding carboxylic acids is 2. The molecular formula is C14H20N2O4S. The average molecular weight is 312 g/mol. The number of nitrogens with one attached hydrogen (secondary N) is 1. The van der Waals surface area contributed by atoms with Gasteiger partial charge in [-0.15, -0.1) is 11.3 Å². The largest absolute Gasteiger partial charge is 0.480 e. The summed E-state index contributed by atoms with van der Waals surface area (Å²) in [5, 5.41) is 13.4. The van der Waals surface area contributed by atoms with Crippen LogP contribution in [0.1, 0.15) is 29.9 Å². The summed E-state index contributed by atoms with van der Waals surface area (Å²) < 4.78 is 0. The van der Waals surface area contributed by atoms with Crippen LogP contribution in [0.4, 0.5) is 0 Å². The Labute approximate surface area is 127 Å². The lowest BCUT2D eigenvalue weighted by molar-refractivity contribution is -0.143. The van der Waals surface area contributed by atoms with Gasteiger partial charge in [0, 0.05) is 7.05 Å². The van der Waals surface area contributed by atoms with Gasteiger partial charge in [-0.05, 0) is 17.4 Å². The molecule has 0 saturated carbocycles. The minimum absolute atomic E-state index is 0.170. The van der Waals surface area contributed by atoms with E-state index >= 15 is 0 Å². The number of rotatable bonds is 7. The smallest absolute Gasteiger partial charge is 0.326 e. The molecular weight excluding hydrogens is 292 g/mol. The molecule has 0 unspecified atom stereocenters. The van der Waals surface area contributed by atoms with Crippen LogP contribution in [-0.4, -0.2) is 47.4 Å². The summed E-state index contributed by atoms with van der Waals surface area (Å²) in [5.41, 5.74) is 0. The van der Waals surface area contributed by atoms with Crippen LogP contribution in [-0.2, 0) is 9.59 Å². The molecule has 2 atom stereocenters. The summed E-state index contributed by atoms with van der Waals surface area (Å²) in [7, 11) is 1.51. The number of hydrogen-bond acceptors (Lipinski definition) is 4. The van der Waals surface area contributed by atoms with Gasteiger partial charge in [-0.1, -0.05) is 26.3 Å². The third-order valence-electron chi connectivity index (χ3n) is 3.25. The lowest BCUT2D eigenvalue weighted by Gasteiger charge is -2.22. The number of carboxylic acids is 1. The summed E-state index contributed by atoms with van der Waals surface area (Å²) in [4.78, 5) is 36.9. The van der Waals surface area contributed by atoms with E-state index < -0.39 is 17.9 Å². The normalized spacial score (nSPS) is 13.3. The van der Waals surface area contributed by atoms with Crippen LogP contribution in [0.2, 0.25) is 0 Å². The van der Waals surface area contributed by atoms with Crippen molar-refractivity contribution in [1.82, 2.24) is 10.2 Å². The van der Waals surface area contributed by atoms with Crippen molar-refractivity contribution in [2.45, 2.75) is 26.3 Å². The summed E-state index contributed by atoms with van der Waals surface area (Å²) >= 11 is 1.30. The lowest BCUT2D eigenvalue weighted by Crippen LogP contribution is -2.48. The van der Waals surface area contributed by atoms with Crippen molar-refractivity contribution in [3.05, 3.63) is 22.4 Å². The second-order valence-electron chi connectivity index (χ2n) is 4.91. The van der Waals surface area contributed by atoms with Crippen LogP contribution >= 0.6 is 11.3 Å². The van der Waals surface area contributed by atoms with Crippen LogP contribution in [0.3, 0.4) is 0 Å². The van der Waals surface area contributed by atoms with Crippen LogP contribution in [0, 0.1) is 5.92 Å². The SMILES string of the molecule is CC[C@H](C)[C@H](NC(=O)CN(C)C(=O)c1cccs1)C(=O)O. The number of carbonyl (C=O) groups is 3. The highest BCUT2D eigenvalue weighted by atomic mass is 32.1. The van der Waals surface area contributed by atoms with Crippen LogP contribution in [0.25, 0.3) is 0 Å². The molecule has 0 spiro atoms. The van der Waals surface area contributed by atoms with Crippen LogP contribution < -0.4 is 5.32 Å². The number of aliphatic carboxylic acids is 1. The van der Waals surface area contributed by atoms with E-state index in [1.165, 1.54) is 23.3 Å². The minimum atomic E-state index is -1.06. The van der Waals surface area contributed by atoms with E-state index in [4.69, 9.17) is 5.11 Å². The van der Waals surface area contributed by atoms with Crippen molar-refractivity contribution in [3.8, 4) is 0 Å². The van der Waals surface area contributed by atoms with Gasteiger partial charge in [-0.25, -0.2) is 4.79 Å². The Morgan fingerprint density at radius 1 is 1.43 bits per heavy atom. The molecule has 0 saturated heterocycles. The Kier molecular flexibility index (Phi) is 6.36. The highest BCUT2D eigenvalue weighted by Gasteiger charge is 2.26. The number of likely N-dealkylation sites (N-methyl/N-ethyl adjacent to an activating group) is 1. The van der Waals surface area contributed by atoms with Gasteiger partial charge >= 0.3 is 5.97 Å². The fourth-order valence-electron chi connectivity index (χ4n) is 1.78. The molecule has 0 aliphatic rings. The zero-order valence-corrected chi connectivity index (χ0v) is 13.1. The number of thiophene rings is 1. The third kappa shape index (κ3) is 4.86. The number of nitrogens with zero attached hydrogens (tertiary/aromatic N) is 1. The zero-order valence-electron chi connectivity index (χ0n) is 12.3. The highest BCUT2D eigenvalue weighted by molar-refractivity contribution is 7.12. The predicted octanol–water partition coefficient (Wildman–Crippen LogP) is 1.44. The van der Waals surface area contributed by atoms with Crippen molar-refractivity contribution >= 4 is 29.1 Å². The maximum absolute atomic E-state index is 12.0. The molecule has 1 aromatic heterocycles. The molecule has 2 amide bonds. The van der Waals surface area contributed by atoms with E-state index in [2.05, 4.69) is 5.32 Å². The van der Waals surface area contributed by atoms with Crippen molar-refractivity contribution < 1.29 is 19.5 Å². The van der Waals surface area contributed by atoms with E-state index in [1.54, 1.807) is 24.4 Å². The molecule has 1 heterocycles. The molecule has 0 fully saturated rings. The van der Waals surface area contributed by atoms with Gasteiger partial charge in [-0.2, -0.15) is 0 Å². The topological polar surface area (TPSA) is 86.7 Å². The first-order valence-electron chi connectivity index (χ1n) is 6.68. The Balaban J connectivity index is 2.59. The van der Waals surface area contributed by atoms with Gasteiger partial charge in [0.25, 0.3) is 5.91 Å². The molecule has 1 aromatic rings. The van der Waals surface area contributed by atoms with Gasteiger partial charge in [0.15, 0.2) is 0 Å². The quantitative estimate of drug-likeness (QED) is 0.797. The molecule has 0 aliphatic carbocycles. The highest BCUT2D eigenvalue weighted by Crippen LogP contribution is 2.11. The lowest BCUT2D eigenvalue weighted by atomic mass is 9.99. The van der Waals surface area contributed by atoms with Crippen molar-refractivity contribution in [3.63, 3.8) is 0 Å². The average Bonchev–Trinajstić information content (AvgIpc) is 2.96. The standard InChI is InChI=1S/C14H20N2O4S/c1-4-9(2)12(14(19)20)15-11(17)8-16(3)13(18)10-6-5-7-21-10/h5-7,9,12H,4,8H2,1-3H3,(H,15,17)(H,19,20)/t9-,12-/m0/s1. The number of carboxylic acid groups (broad SMARTS) is 1. The number of amides is 2. The van der Waals surface area contributed by atoms with E-state index in [9.17, 15) is 14.4 Å². The Bertz CT molecular complexity index is 501. The second-order valence-corrected chi connectivity index (χ2v) is 5.86. The Hall–Kier alpha value is -1.89. The van der Waals surface area contributed by atoms with Crippen molar-refractivity contribution in [2.24, 2.45) is 5.92 Å². The third-order valence-corrected chi connectivity index (χ3v) is 4.11. The van der Waals surface area contributed by atoms with Crippen LogP contribution in [0.5, 0.6) is 0 Å². The molecule has 7 heteroatoms. The monoisotopic (exact) mass is 312 g/mol. The molecule has 116 valence electrons. The summed E-state index contributed by atoms with van der Waals surface area (Å²) in [6, 6.07) is 2.50. The van der Waals surface area contributed by atoms with Gasteiger partial charge < -0.3 is 15.3 Å². The first-order chi connectivity index (χ1) is 9.86. The van der Waals surface area contributed by atoms with E-state index in [1.807, 2.05) is 6.92 Å². The maximum atomic E-state index is 12.0. The second kappa shape index (κ2) is 7.78. The zero-order chi connectivity index (χ0) is 16.0. The summed E-state index contributed by atoms with van der Waals surface area (Å²) in [6.45, 7) is 3.45. The molecule has 0 aromatic carbocycles. The van der Waals surface area contributed by atoms with Gasteiger partial charge in [-0.3, -0.25) is 9.59 Å². The molecule has 2 N–H and O–H groups in total. The molecule has 0 bridgehead atoms. The maximum Gasteiger partial charge on any atom is 0.326 e. The van der Waals surface area contributed by atoms with Crippen molar-refractivity contribution in [1.29, 1.82) is 0 Å². The molecule has 0 radical (unpaired) electrons.